The molecule has 0 aliphatic rings. The Bertz CT molecular complexity index is 657. The van der Waals surface area contributed by atoms with Gasteiger partial charge in [-0.3, -0.25) is 0 Å². The Hall–Kier alpha value is -1.56. The summed E-state index contributed by atoms with van der Waals surface area (Å²) in [5.74, 6) is 0.691. The van der Waals surface area contributed by atoms with Crippen LogP contribution in [0.1, 0.15) is 89.7 Å². The minimum atomic E-state index is 0.691. The topological polar surface area (TPSA) is 0 Å². The third-order valence-electron chi connectivity index (χ3n) is 4.95. The maximum atomic E-state index is 2.49. The molecule has 0 heteroatoms. The lowest BCUT2D eigenvalue weighted by atomic mass is 9.82. The largest absolute Gasteiger partial charge is 0.0810 e. The molecule has 0 atom stereocenters. The van der Waals surface area contributed by atoms with E-state index in [0.717, 1.165) is 6.42 Å². The molecule has 0 saturated carbocycles. The number of fused-ring (bicyclic) bond motifs is 1. The Morgan fingerprint density at radius 1 is 0.875 bits per heavy atom. The summed E-state index contributed by atoms with van der Waals surface area (Å²) in [5.41, 5.74) is 4.66. The molecule has 2 aromatic rings. The van der Waals surface area contributed by atoms with Gasteiger partial charge < -0.3 is 0 Å². The molecule has 0 radical (unpaired) electrons. The van der Waals surface area contributed by atoms with Crippen molar-refractivity contribution < 1.29 is 0 Å². The van der Waals surface area contributed by atoms with Crippen molar-refractivity contribution in [2.24, 2.45) is 0 Å². The lowest BCUT2D eigenvalue weighted by Crippen LogP contribution is -2.03. The summed E-state index contributed by atoms with van der Waals surface area (Å²) in [6, 6.07) is 13.8. The number of hydrogen-bond donors (Lipinski definition) is 0. The molecule has 0 amide bonds. The van der Waals surface area contributed by atoms with Gasteiger partial charge in [0.15, 0.2) is 0 Å². The van der Waals surface area contributed by atoms with Gasteiger partial charge in [-0.25, -0.2) is 0 Å². The highest BCUT2D eigenvalue weighted by Gasteiger charge is 2.17. The summed E-state index contributed by atoms with van der Waals surface area (Å²) in [5, 5.41) is 2.77. The van der Waals surface area contributed by atoms with Crippen LogP contribution in [0.3, 0.4) is 0 Å². The zero-order chi connectivity index (χ0) is 17.4. The van der Waals surface area contributed by atoms with Crippen LogP contribution in [0.25, 0.3) is 16.3 Å². The summed E-state index contributed by atoms with van der Waals surface area (Å²) in [7, 11) is 0. The van der Waals surface area contributed by atoms with Gasteiger partial charge in [-0.15, -0.1) is 0 Å². The molecule has 24 heavy (non-hydrogen) atoms. The van der Waals surface area contributed by atoms with Crippen molar-refractivity contribution in [3.8, 4) is 0 Å². The molecule has 0 heterocycles. The van der Waals surface area contributed by atoms with Gasteiger partial charge in [0.25, 0.3) is 0 Å². The summed E-state index contributed by atoms with van der Waals surface area (Å²) in [6.45, 7) is 9.18. The van der Waals surface area contributed by atoms with E-state index < -0.39 is 0 Å². The van der Waals surface area contributed by atoms with Crippen LogP contribution in [-0.4, -0.2) is 0 Å². The van der Waals surface area contributed by atoms with Gasteiger partial charge in [-0.1, -0.05) is 83.4 Å². The fourth-order valence-electron chi connectivity index (χ4n) is 3.89. The van der Waals surface area contributed by atoms with Crippen molar-refractivity contribution in [1.82, 2.24) is 0 Å². The molecule has 0 fully saturated rings. The van der Waals surface area contributed by atoms with Crippen molar-refractivity contribution in [1.29, 1.82) is 0 Å². The second-order valence-corrected chi connectivity index (χ2v) is 6.95. The van der Waals surface area contributed by atoms with Crippen molar-refractivity contribution in [2.45, 2.75) is 78.6 Å². The Labute approximate surface area is 149 Å². The zero-order valence-electron chi connectivity index (χ0n) is 16.1. The maximum absolute atomic E-state index is 2.49. The minimum Gasteiger partial charge on any atom is -0.0810 e. The van der Waals surface area contributed by atoms with Gasteiger partial charge in [0.2, 0.25) is 0 Å². The van der Waals surface area contributed by atoms with Gasteiger partial charge in [0.05, 0.1) is 0 Å². The standard InChI is InChI=1S/C24H34/c1-5-11-19(12-6-2)23-17-21-15-9-10-16-22(21)18-24(23)20(13-7-3)14-8-4/h9-11,15-18,20H,5-8,12-14H2,1-4H3/b19-11+. The van der Waals surface area contributed by atoms with Crippen molar-refractivity contribution in [2.75, 3.05) is 0 Å². The number of hydrogen-bond acceptors (Lipinski definition) is 0. The molecule has 0 bridgehead atoms. The first-order valence-corrected chi connectivity index (χ1v) is 9.97. The quantitative estimate of drug-likeness (QED) is 0.437. The molecular formula is C24H34. The zero-order valence-corrected chi connectivity index (χ0v) is 16.1. The van der Waals surface area contributed by atoms with E-state index in [2.05, 4.69) is 70.2 Å². The molecule has 2 aromatic carbocycles. The predicted octanol–water partition coefficient (Wildman–Crippen LogP) is 8.12. The Morgan fingerprint density at radius 2 is 1.50 bits per heavy atom. The number of rotatable bonds is 9. The highest BCUT2D eigenvalue weighted by atomic mass is 14.2. The van der Waals surface area contributed by atoms with E-state index in [4.69, 9.17) is 0 Å². The molecule has 0 saturated heterocycles. The average Bonchev–Trinajstić information content (AvgIpc) is 2.60. The van der Waals surface area contributed by atoms with Gasteiger partial charge in [0, 0.05) is 0 Å². The summed E-state index contributed by atoms with van der Waals surface area (Å²) >= 11 is 0. The van der Waals surface area contributed by atoms with Crippen LogP contribution < -0.4 is 0 Å². The third-order valence-corrected chi connectivity index (χ3v) is 4.95. The lowest BCUT2D eigenvalue weighted by molar-refractivity contribution is 0.560. The first-order valence-electron chi connectivity index (χ1n) is 9.97. The fraction of sp³-hybridized carbons (Fsp3) is 0.500. The SMILES string of the molecule is CC/C=C(\CCC)c1cc2ccccc2cc1C(CCC)CCC. The number of benzene rings is 2. The molecule has 0 aromatic heterocycles. The Balaban J connectivity index is 2.63. The van der Waals surface area contributed by atoms with Crippen LogP contribution >= 0.6 is 0 Å². The molecule has 0 spiro atoms. The first kappa shape index (κ1) is 18.8. The predicted molar refractivity (Wildman–Crippen MR) is 110 cm³/mol. The second kappa shape index (κ2) is 9.67. The van der Waals surface area contributed by atoms with Crippen LogP contribution in [0, 0.1) is 0 Å². The molecule has 0 aliphatic heterocycles. The highest BCUT2D eigenvalue weighted by molar-refractivity contribution is 5.88. The Morgan fingerprint density at radius 3 is 2.04 bits per heavy atom. The van der Waals surface area contributed by atoms with Crippen LogP contribution in [0.15, 0.2) is 42.5 Å². The van der Waals surface area contributed by atoms with E-state index in [-0.39, 0.29) is 0 Å². The van der Waals surface area contributed by atoms with E-state index in [1.807, 2.05) is 0 Å². The molecule has 0 aliphatic carbocycles. The second-order valence-electron chi connectivity index (χ2n) is 6.95. The third kappa shape index (κ3) is 4.50. The van der Waals surface area contributed by atoms with Crippen molar-refractivity contribution >= 4 is 16.3 Å². The summed E-state index contributed by atoms with van der Waals surface area (Å²) in [4.78, 5) is 0. The molecule has 0 nitrogen and oxygen atoms in total. The highest BCUT2D eigenvalue weighted by Crippen LogP contribution is 2.37. The summed E-state index contributed by atoms with van der Waals surface area (Å²) in [6.07, 6.45) is 11.1. The van der Waals surface area contributed by atoms with Crippen LogP contribution in [-0.2, 0) is 0 Å². The fourth-order valence-corrected chi connectivity index (χ4v) is 3.89. The van der Waals surface area contributed by atoms with Crippen LogP contribution in [0.2, 0.25) is 0 Å². The van der Waals surface area contributed by atoms with Gasteiger partial charge in [-0.05, 0) is 65.1 Å². The molecule has 0 N–H and O–H groups in total. The molecule has 2 rings (SSSR count). The minimum absolute atomic E-state index is 0.691. The van der Waals surface area contributed by atoms with E-state index in [1.54, 1.807) is 11.1 Å². The average molecular weight is 323 g/mol. The van der Waals surface area contributed by atoms with Crippen molar-refractivity contribution in [3.63, 3.8) is 0 Å². The van der Waals surface area contributed by atoms with E-state index >= 15 is 0 Å². The maximum Gasteiger partial charge on any atom is -0.0156 e. The van der Waals surface area contributed by atoms with Gasteiger partial charge >= 0.3 is 0 Å². The molecular weight excluding hydrogens is 288 g/mol. The lowest BCUT2D eigenvalue weighted by Gasteiger charge is -2.22. The smallest absolute Gasteiger partial charge is 0.0156 e. The Kier molecular flexibility index (Phi) is 7.56. The first-order chi connectivity index (χ1) is 11.7. The number of allylic oxidation sites excluding steroid dienone is 2. The van der Waals surface area contributed by atoms with Gasteiger partial charge in [-0.2, -0.15) is 0 Å². The van der Waals surface area contributed by atoms with E-state index in [0.29, 0.717) is 5.92 Å². The van der Waals surface area contributed by atoms with Crippen LogP contribution in [0.5, 0.6) is 0 Å². The summed E-state index contributed by atoms with van der Waals surface area (Å²) < 4.78 is 0. The van der Waals surface area contributed by atoms with Gasteiger partial charge in [0.1, 0.15) is 0 Å². The normalized spacial score (nSPS) is 12.3. The van der Waals surface area contributed by atoms with E-state index in [1.165, 1.54) is 54.9 Å². The molecule has 0 unspecified atom stereocenters. The molecule has 130 valence electrons. The van der Waals surface area contributed by atoms with Crippen LogP contribution in [0.4, 0.5) is 0 Å². The monoisotopic (exact) mass is 322 g/mol. The van der Waals surface area contributed by atoms with Crippen molar-refractivity contribution in [3.05, 3.63) is 53.6 Å². The van der Waals surface area contributed by atoms with E-state index in [9.17, 15) is 0 Å².